The van der Waals surface area contributed by atoms with Crippen molar-refractivity contribution in [3.05, 3.63) is 17.0 Å². The molecule has 0 spiro atoms. The van der Waals surface area contributed by atoms with Crippen molar-refractivity contribution in [1.82, 2.24) is 10.2 Å². The molecule has 2 fully saturated rings. The molecule has 1 aromatic heterocycles. The molecule has 2 amide bonds. The highest BCUT2D eigenvalue weighted by Gasteiger charge is 2.32. The molecule has 6 heteroatoms. The number of urea groups is 1. The first-order valence-electron chi connectivity index (χ1n) is 7.17. The first-order chi connectivity index (χ1) is 9.70. The van der Waals surface area contributed by atoms with E-state index < -0.39 is 0 Å². The molecule has 0 radical (unpaired) electrons. The number of ether oxygens (including phenoxy) is 1. The van der Waals surface area contributed by atoms with Gasteiger partial charge in [-0.3, -0.25) is 10.2 Å². The molecule has 1 aliphatic heterocycles. The molecular weight excluding hydrogens is 274 g/mol. The summed E-state index contributed by atoms with van der Waals surface area (Å²) in [5.41, 5.74) is 0. The summed E-state index contributed by atoms with van der Waals surface area (Å²) in [6, 6.07) is 4.53. The van der Waals surface area contributed by atoms with Gasteiger partial charge >= 0.3 is 6.03 Å². The Morgan fingerprint density at radius 2 is 2.35 bits per heavy atom. The standard InChI is InChI=1S/C14H21N3O2S/c1-10-2-5-13(20-10)16-14(18)15-8-12-9-17(6-7-19-12)11-3-4-11/h2,5,11-12H,3-4,6-9H2,1H3,(H2,15,16,18)/t12-/m0/s1. The number of hydrogen-bond acceptors (Lipinski definition) is 4. The number of thiophene rings is 1. The summed E-state index contributed by atoms with van der Waals surface area (Å²) in [6.07, 6.45) is 2.75. The zero-order chi connectivity index (χ0) is 13.9. The van der Waals surface area contributed by atoms with Crippen molar-refractivity contribution in [2.45, 2.75) is 31.9 Å². The number of rotatable bonds is 4. The predicted octanol–water partition coefficient (Wildman–Crippen LogP) is 2.04. The number of carbonyl (C=O) groups is 1. The zero-order valence-electron chi connectivity index (χ0n) is 11.7. The number of nitrogens with zero attached hydrogens (tertiary/aromatic N) is 1. The van der Waals surface area contributed by atoms with Crippen LogP contribution in [0.5, 0.6) is 0 Å². The van der Waals surface area contributed by atoms with Crippen LogP contribution in [0.25, 0.3) is 0 Å². The predicted molar refractivity (Wildman–Crippen MR) is 80.4 cm³/mol. The van der Waals surface area contributed by atoms with Crippen LogP contribution in [0.2, 0.25) is 0 Å². The molecule has 1 saturated carbocycles. The highest BCUT2D eigenvalue weighted by molar-refractivity contribution is 7.16. The maximum Gasteiger partial charge on any atom is 0.319 e. The third-order valence-electron chi connectivity index (χ3n) is 3.70. The molecule has 1 aliphatic carbocycles. The van der Waals surface area contributed by atoms with E-state index in [9.17, 15) is 4.79 Å². The van der Waals surface area contributed by atoms with E-state index in [0.717, 1.165) is 30.7 Å². The second kappa shape index (κ2) is 6.11. The SMILES string of the molecule is Cc1ccc(NC(=O)NC[C@H]2CN(C3CC3)CCO2)s1. The van der Waals surface area contributed by atoms with E-state index in [2.05, 4.69) is 15.5 Å². The van der Waals surface area contributed by atoms with Crippen LogP contribution in [0.3, 0.4) is 0 Å². The monoisotopic (exact) mass is 295 g/mol. The molecule has 0 unspecified atom stereocenters. The topological polar surface area (TPSA) is 53.6 Å². The van der Waals surface area contributed by atoms with E-state index in [4.69, 9.17) is 4.74 Å². The number of nitrogens with one attached hydrogen (secondary N) is 2. The molecular formula is C14H21N3O2S. The molecule has 3 rings (SSSR count). The van der Waals surface area contributed by atoms with Crippen LogP contribution in [-0.2, 0) is 4.74 Å². The van der Waals surface area contributed by atoms with E-state index in [1.807, 2.05) is 19.1 Å². The van der Waals surface area contributed by atoms with E-state index >= 15 is 0 Å². The molecule has 110 valence electrons. The van der Waals surface area contributed by atoms with E-state index in [0.29, 0.717) is 6.54 Å². The summed E-state index contributed by atoms with van der Waals surface area (Å²) in [6.45, 7) is 5.33. The van der Waals surface area contributed by atoms with Gasteiger partial charge in [0.15, 0.2) is 0 Å². The van der Waals surface area contributed by atoms with Gasteiger partial charge in [0.2, 0.25) is 0 Å². The van der Waals surface area contributed by atoms with E-state index in [-0.39, 0.29) is 12.1 Å². The summed E-state index contributed by atoms with van der Waals surface area (Å²) >= 11 is 1.58. The van der Waals surface area contributed by atoms with Crippen molar-refractivity contribution in [3.63, 3.8) is 0 Å². The van der Waals surface area contributed by atoms with Gasteiger partial charge in [0.25, 0.3) is 0 Å². The Morgan fingerprint density at radius 1 is 1.50 bits per heavy atom. The van der Waals surface area contributed by atoms with Crippen molar-refractivity contribution >= 4 is 22.4 Å². The lowest BCUT2D eigenvalue weighted by Crippen LogP contribution is -2.48. The maximum absolute atomic E-state index is 11.8. The third-order valence-corrected chi connectivity index (χ3v) is 4.62. The highest BCUT2D eigenvalue weighted by Crippen LogP contribution is 2.28. The molecule has 2 aliphatic rings. The molecule has 1 aromatic rings. The molecule has 1 atom stereocenters. The normalized spacial score (nSPS) is 23.6. The van der Waals surface area contributed by atoms with Crippen molar-refractivity contribution in [3.8, 4) is 0 Å². The van der Waals surface area contributed by atoms with Crippen LogP contribution in [0.4, 0.5) is 9.80 Å². The molecule has 2 N–H and O–H groups in total. The van der Waals surface area contributed by atoms with Gasteiger partial charge in [0, 0.05) is 30.6 Å². The fraction of sp³-hybridized carbons (Fsp3) is 0.643. The number of anilines is 1. The fourth-order valence-corrected chi connectivity index (χ4v) is 3.26. The molecule has 0 bridgehead atoms. The van der Waals surface area contributed by atoms with Gasteiger partial charge in [0.1, 0.15) is 0 Å². The largest absolute Gasteiger partial charge is 0.374 e. The maximum atomic E-state index is 11.8. The van der Waals surface area contributed by atoms with Crippen LogP contribution in [0, 0.1) is 6.92 Å². The first-order valence-corrected chi connectivity index (χ1v) is 7.99. The minimum atomic E-state index is -0.154. The van der Waals surface area contributed by atoms with E-state index in [1.165, 1.54) is 17.7 Å². The van der Waals surface area contributed by atoms with Crippen LogP contribution in [-0.4, -0.2) is 49.3 Å². The highest BCUT2D eigenvalue weighted by atomic mass is 32.1. The quantitative estimate of drug-likeness (QED) is 0.894. The lowest BCUT2D eigenvalue weighted by molar-refractivity contribution is -0.0286. The minimum Gasteiger partial charge on any atom is -0.374 e. The van der Waals surface area contributed by atoms with Gasteiger partial charge in [0.05, 0.1) is 17.7 Å². The summed E-state index contributed by atoms with van der Waals surface area (Å²) in [4.78, 5) is 15.5. The zero-order valence-corrected chi connectivity index (χ0v) is 12.5. The Morgan fingerprint density at radius 3 is 3.05 bits per heavy atom. The molecule has 2 heterocycles. The third kappa shape index (κ3) is 3.71. The molecule has 0 aromatic carbocycles. The Hall–Kier alpha value is -1.11. The average Bonchev–Trinajstić information content (AvgIpc) is 3.21. The van der Waals surface area contributed by atoms with Crippen molar-refractivity contribution < 1.29 is 9.53 Å². The number of amides is 2. The van der Waals surface area contributed by atoms with Crippen molar-refractivity contribution in [1.29, 1.82) is 0 Å². The van der Waals surface area contributed by atoms with Crippen LogP contribution >= 0.6 is 11.3 Å². The Balaban J connectivity index is 1.40. The van der Waals surface area contributed by atoms with Gasteiger partial charge in [-0.05, 0) is 31.9 Å². The summed E-state index contributed by atoms with van der Waals surface area (Å²) < 4.78 is 5.71. The summed E-state index contributed by atoms with van der Waals surface area (Å²) in [5, 5.41) is 6.62. The van der Waals surface area contributed by atoms with Gasteiger partial charge in [-0.25, -0.2) is 4.79 Å². The smallest absolute Gasteiger partial charge is 0.319 e. The number of aryl methyl sites for hydroxylation is 1. The van der Waals surface area contributed by atoms with Crippen molar-refractivity contribution in [2.75, 3.05) is 31.6 Å². The minimum absolute atomic E-state index is 0.111. The van der Waals surface area contributed by atoms with Gasteiger partial charge in [-0.15, -0.1) is 11.3 Å². The number of morpholine rings is 1. The Bertz CT molecular complexity index is 473. The molecule has 1 saturated heterocycles. The summed E-state index contributed by atoms with van der Waals surface area (Å²) in [7, 11) is 0. The lowest BCUT2D eigenvalue weighted by Gasteiger charge is -2.33. The van der Waals surface area contributed by atoms with Gasteiger partial charge in [-0.1, -0.05) is 0 Å². The fourth-order valence-electron chi connectivity index (χ4n) is 2.50. The lowest BCUT2D eigenvalue weighted by atomic mass is 10.2. The van der Waals surface area contributed by atoms with Crippen molar-refractivity contribution in [2.24, 2.45) is 0 Å². The van der Waals surface area contributed by atoms with Crippen LogP contribution < -0.4 is 10.6 Å². The molecule has 5 nitrogen and oxygen atoms in total. The second-order valence-corrected chi connectivity index (χ2v) is 6.75. The van der Waals surface area contributed by atoms with Crippen LogP contribution in [0.15, 0.2) is 12.1 Å². The Kier molecular flexibility index (Phi) is 4.24. The molecule has 20 heavy (non-hydrogen) atoms. The average molecular weight is 295 g/mol. The first kappa shape index (κ1) is 13.9. The number of carbonyl (C=O) groups excluding carboxylic acids is 1. The Labute approximate surface area is 123 Å². The van der Waals surface area contributed by atoms with E-state index in [1.54, 1.807) is 11.3 Å². The van der Waals surface area contributed by atoms with Gasteiger partial charge < -0.3 is 10.1 Å². The second-order valence-electron chi connectivity index (χ2n) is 5.46. The summed E-state index contributed by atoms with van der Waals surface area (Å²) in [5.74, 6) is 0. The van der Waals surface area contributed by atoms with Crippen LogP contribution in [0.1, 0.15) is 17.7 Å². The number of hydrogen-bond donors (Lipinski definition) is 2. The van der Waals surface area contributed by atoms with Gasteiger partial charge in [-0.2, -0.15) is 0 Å².